The molecule has 24 heavy (non-hydrogen) atoms. The largest absolute Gasteiger partial charge is 0.449 e. The van der Waals surface area contributed by atoms with Crippen molar-refractivity contribution in [3.63, 3.8) is 0 Å². The van der Waals surface area contributed by atoms with Gasteiger partial charge in [0.05, 0.1) is 12.7 Å². The number of nitrogens with one attached hydrogen (secondary N) is 1. The van der Waals surface area contributed by atoms with Gasteiger partial charge in [-0.3, -0.25) is 5.32 Å². The number of ether oxygens (including phenoxy) is 2. The van der Waals surface area contributed by atoms with Crippen LogP contribution < -0.4 is 5.32 Å². The summed E-state index contributed by atoms with van der Waals surface area (Å²) in [5, 5.41) is 2.78. The van der Waals surface area contributed by atoms with Gasteiger partial charge in [-0.15, -0.1) is 0 Å². The Labute approximate surface area is 144 Å². The topological polar surface area (TPSA) is 47.6 Å². The Bertz CT molecular complexity index is 627. The van der Waals surface area contributed by atoms with Crippen molar-refractivity contribution in [2.75, 3.05) is 18.5 Å². The predicted molar refractivity (Wildman–Crippen MR) is 94.8 cm³/mol. The molecule has 4 heteroatoms. The molecule has 0 spiro atoms. The monoisotopic (exact) mass is 329 g/mol. The molecule has 130 valence electrons. The lowest BCUT2D eigenvalue weighted by atomic mass is 9.56. The first kappa shape index (κ1) is 17.0. The number of amides is 1. The van der Waals surface area contributed by atoms with Gasteiger partial charge in [0.1, 0.15) is 6.61 Å². The molecule has 4 nitrogen and oxygen atoms in total. The first-order chi connectivity index (χ1) is 11.4. The molecule has 1 fully saturated rings. The van der Waals surface area contributed by atoms with E-state index in [1.54, 1.807) is 0 Å². The molecule has 1 aliphatic carbocycles. The zero-order valence-electron chi connectivity index (χ0n) is 14.9. The fraction of sp³-hybridized carbons (Fsp3) is 0.550. The fourth-order valence-corrected chi connectivity index (χ4v) is 4.45. The summed E-state index contributed by atoms with van der Waals surface area (Å²) in [5.74, 6) is 1.14. The Balaban J connectivity index is 1.70. The number of carbonyl (C=O) groups excluding carboxylic acids is 1. The molecule has 0 radical (unpaired) electrons. The zero-order valence-corrected chi connectivity index (χ0v) is 14.9. The Morgan fingerprint density at radius 3 is 2.71 bits per heavy atom. The van der Waals surface area contributed by atoms with Crippen molar-refractivity contribution in [2.45, 2.75) is 33.8 Å². The van der Waals surface area contributed by atoms with Crippen LogP contribution in [0.3, 0.4) is 0 Å². The summed E-state index contributed by atoms with van der Waals surface area (Å²) in [5.41, 5.74) is 1.99. The van der Waals surface area contributed by atoms with Gasteiger partial charge in [-0.2, -0.15) is 0 Å². The smallest absolute Gasteiger partial charge is 0.411 e. The highest BCUT2D eigenvalue weighted by molar-refractivity contribution is 5.84. The van der Waals surface area contributed by atoms with E-state index >= 15 is 0 Å². The number of hydrogen-bond acceptors (Lipinski definition) is 3. The number of fused-ring (bicyclic) bond motifs is 2. The van der Waals surface area contributed by atoms with E-state index in [1.165, 1.54) is 5.57 Å². The van der Waals surface area contributed by atoms with Crippen molar-refractivity contribution < 1.29 is 14.3 Å². The van der Waals surface area contributed by atoms with Crippen LogP contribution in [0, 0.1) is 23.2 Å². The lowest BCUT2D eigenvalue weighted by Gasteiger charge is -2.54. The first-order valence-electron chi connectivity index (χ1n) is 8.73. The third-order valence-corrected chi connectivity index (χ3v) is 6.00. The van der Waals surface area contributed by atoms with E-state index in [0.717, 1.165) is 5.69 Å². The van der Waals surface area contributed by atoms with Gasteiger partial charge in [0.15, 0.2) is 0 Å². The Morgan fingerprint density at radius 1 is 1.29 bits per heavy atom. The molecule has 1 aromatic carbocycles. The molecule has 0 aromatic heterocycles. The SMILES string of the molecule is CC1=C[C@H](C)[C@@]2(COC(=O)Nc3ccccc3)CO[C@H](C)[C@H]1[C@H]2C. The van der Waals surface area contributed by atoms with Gasteiger partial charge in [-0.1, -0.05) is 43.7 Å². The second kappa shape index (κ2) is 6.60. The average Bonchev–Trinajstić information content (AvgIpc) is 2.54. The maximum absolute atomic E-state index is 12.2. The van der Waals surface area contributed by atoms with Crippen LogP contribution >= 0.6 is 0 Å². The van der Waals surface area contributed by atoms with E-state index < -0.39 is 6.09 Å². The van der Waals surface area contributed by atoms with Crippen LogP contribution in [-0.2, 0) is 9.47 Å². The van der Waals surface area contributed by atoms with E-state index in [0.29, 0.717) is 31.0 Å². The molecule has 2 aliphatic rings. The van der Waals surface area contributed by atoms with Crippen molar-refractivity contribution in [1.82, 2.24) is 0 Å². The molecule has 1 N–H and O–H groups in total. The minimum atomic E-state index is -0.406. The number of para-hydroxylation sites is 1. The van der Waals surface area contributed by atoms with Gasteiger partial charge in [0.2, 0.25) is 0 Å². The van der Waals surface area contributed by atoms with Crippen molar-refractivity contribution in [3.05, 3.63) is 42.0 Å². The van der Waals surface area contributed by atoms with Crippen LogP contribution in [0.2, 0.25) is 0 Å². The first-order valence-corrected chi connectivity index (χ1v) is 8.73. The quantitative estimate of drug-likeness (QED) is 0.831. The molecule has 1 amide bonds. The van der Waals surface area contributed by atoms with Gasteiger partial charge in [-0.25, -0.2) is 4.79 Å². The summed E-state index contributed by atoms with van der Waals surface area (Å²) in [6.07, 6.45) is 2.15. The van der Waals surface area contributed by atoms with Gasteiger partial charge in [0, 0.05) is 17.0 Å². The molecule has 0 saturated carbocycles. The second-order valence-corrected chi connectivity index (χ2v) is 7.33. The van der Waals surface area contributed by atoms with Crippen LogP contribution in [0.25, 0.3) is 0 Å². The van der Waals surface area contributed by atoms with Gasteiger partial charge < -0.3 is 9.47 Å². The molecular weight excluding hydrogens is 302 g/mol. The van der Waals surface area contributed by atoms with Crippen LogP contribution in [0.15, 0.2) is 42.0 Å². The normalized spacial score (nSPS) is 35.1. The molecule has 0 unspecified atom stereocenters. The van der Waals surface area contributed by atoms with E-state index in [1.807, 2.05) is 30.3 Å². The van der Waals surface area contributed by atoms with Crippen LogP contribution in [-0.4, -0.2) is 25.4 Å². The van der Waals surface area contributed by atoms with Crippen molar-refractivity contribution in [1.29, 1.82) is 0 Å². The second-order valence-electron chi connectivity index (χ2n) is 7.33. The zero-order chi connectivity index (χ0) is 17.3. The highest BCUT2D eigenvalue weighted by Crippen LogP contribution is 2.52. The third kappa shape index (κ3) is 2.95. The molecule has 1 saturated heterocycles. The van der Waals surface area contributed by atoms with Gasteiger partial charge >= 0.3 is 6.09 Å². The summed E-state index contributed by atoms with van der Waals surface area (Å²) in [6.45, 7) is 9.82. The van der Waals surface area contributed by atoms with Gasteiger partial charge in [-0.05, 0) is 37.8 Å². The van der Waals surface area contributed by atoms with Gasteiger partial charge in [0.25, 0.3) is 0 Å². The average molecular weight is 329 g/mol. The van der Waals surface area contributed by atoms with Crippen LogP contribution in [0.5, 0.6) is 0 Å². The minimum absolute atomic E-state index is 0.148. The lowest BCUT2D eigenvalue weighted by Crippen LogP contribution is -2.56. The standard InChI is InChI=1S/C20H27NO3/c1-13-10-14(2)20(11-23-16(4)18(13)15(20)3)12-24-19(22)21-17-8-6-5-7-9-17/h5-10,14-16,18H,11-12H2,1-4H3,(H,21,22)/t14-,15+,16+,18+,20-/m0/s1. The number of allylic oxidation sites excluding steroid dienone is 1. The number of hydrogen-bond donors (Lipinski definition) is 1. The van der Waals surface area contributed by atoms with Crippen LogP contribution in [0.4, 0.5) is 10.5 Å². The highest BCUT2D eigenvalue weighted by atomic mass is 16.6. The van der Waals surface area contributed by atoms with Crippen molar-refractivity contribution in [2.24, 2.45) is 23.2 Å². The molecule has 5 atom stereocenters. The molecule has 2 bridgehead atoms. The summed E-state index contributed by atoms with van der Waals surface area (Å²) in [4.78, 5) is 12.2. The molecular formula is C20H27NO3. The molecule has 1 aromatic rings. The van der Waals surface area contributed by atoms with E-state index in [-0.39, 0.29) is 11.5 Å². The van der Waals surface area contributed by atoms with E-state index in [2.05, 4.69) is 39.1 Å². The maximum Gasteiger partial charge on any atom is 0.411 e. The number of carbonyl (C=O) groups is 1. The van der Waals surface area contributed by atoms with Crippen molar-refractivity contribution >= 4 is 11.8 Å². The fourth-order valence-electron chi connectivity index (χ4n) is 4.45. The number of benzene rings is 1. The maximum atomic E-state index is 12.2. The molecule has 3 rings (SSSR count). The Kier molecular flexibility index (Phi) is 4.68. The molecule has 1 aliphatic heterocycles. The minimum Gasteiger partial charge on any atom is -0.449 e. The summed E-state index contributed by atoms with van der Waals surface area (Å²) in [6, 6.07) is 9.37. The van der Waals surface area contributed by atoms with Crippen molar-refractivity contribution in [3.8, 4) is 0 Å². The Morgan fingerprint density at radius 2 is 2.00 bits per heavy atom. The summed E-state index contributed by atoms with van der Waals surface area (Å²) >= 11 is 0. The number of anilines is 1. The predicted octanol–water partition coefficient (Wildman–Crippen LogP) is 4.49. The third-order valence-electron chi connectivity index (χ3n) is 6.00. The highest BCUT2D eigenvalue weighted by Gasteiger charge is 2.53. The summed E-state index contributed by atoms with van der Waals surface area (Å²) < 4.78 is 11.7. The van der Waals surface area contributed by atoms with E-state index in [9.17, 15) is 4.79 Å². The lowest BCUT2D eigenvalue weighted by molar-refractivity contribution is -0.156. The number of rotatable bonds is 3. The van der Waals surface area contributed by atoms with Crippen LogP contribution in [0.1, 0.15) is 27.7 Å². The Hall–Kier alpha value is -1.81. The molecule has 1 heterocycles. The van der Waals surface area contributed by atoms with E-state index in [4.69, 9.17) is 9.47 Å². The summed E-state index contributed by atoms with van der Waals surface area (Å²) in [7, 11) is 0.